The number of nitrogens with one attached hydrogen (secondary N) is 2. The molecule has 88 valence electrons. The maximum absolute atomic E-state index is 11.5. The average Bonchev–Trinajstić information content (AvgIpc) is 2.48. The second kappa shape index (κ2) is 4.84. The van der Waals surface area contributed by atoms with E-state index in [0.29, 0.717) is 5.92 Å². The number of alkyl carbamates (subject to hydrolysis) is 1. The van der Waals surface area contributed by atoms with Crippen molar-refractivity contribution in [2.24, 2.45) is 5.92 Å². The number of carbonyl (C=O) groups is 1. The van der Waals surface area contributed by atoms with E-state index >= 15 is 0 Å². The van der Waals surface area contributed by atoms with Crippen molar-refractivity contribution in [3.8, 4) is 0 Å². The molecule has 1 heterocycles. The Morgan fingerprint density at radius 2 is 2.13 bits per heavy atom. The van der Waals surface area contributed by atoms with Gasteiger partial charge in [-0.15, -0.1) is 0 Å². The van der Waals surface area contributed by atoms with Crippen LogP contribution in [0.1, 0.15) is 34.1 Å². The Morgan fingerprint density at radius 3 is 2.67 bits per heavy atom. The topological polar surface area (TPSA) is 50.4 Å². The molecule has 0 radical (unpaired) electrons. The van der Waals surface area contributed by atoms with Gasteiger partial charge in [0.15, 0.2) is 0 Å². The van der Waals surface area contributed by atoms with E-state index in [2.05, 4.69) is 17.6 Å². The van der Waals surface area contributed by atoms with E-state index in [1.165, 1.54) is 0 Å². The molecule has 2 N–H and O–H groups in total. The zero-order valence-electron chi connectivity index (χ0n) is 10.1. The van der Waals surface area contributed by atoms with E-state index in [9.17, 15) is 4.79 Å². The lowest BCUT2D eigenvalue weighted by Crippen LogP contribution is -2.43. The summed E-state index contributed by atoms with van der Waals surface area (Å²) < 4.78 is 5.21. The summed E-state index contributed by atoms with van der Waals surface area (Å²) in [6, 6.07) is 0.213. The van der Waals surface area contributed by atoms with Gasteiger partial charge in [0, 0.05) is 19.1 Å². The van der Waals surface area contributed by atoms with Gasteiger partial charge in [-0.05, 0) is 26.7 Å². The maximum Gasteiger partial charge on any atom is 0.407 e. The van der Waals surface area contributed by atoms with Crippen molar-refractivity contribution in [2.45, 2.75) is 45.8 Å². The summed E-state index contributed by atoms with van der Waals surface area (Å²) in [7, 11) is 0. The second-order valence-corrected chi connectivity index (χ2v) is 5.08. The smallest absolute Gasteiger partial charge is 0.407 e. The minimum atomic E-state index is -0.419. The number of hydrogen-bond donors (Lipinski definition) is 2. The zero-order valence-corrected chi connectivity index (χ0v) is 10.1. The highest BCUT2D eigenvalue weighted by Gasteiger charge is 2.28. The Balaban J connectivity index is 2.37. The van der Waals surface area contributed by atoms with Crippen LogP contribution in [0.25, 0.3) is 0 Å². The molecule has 4 heteroatoms. The minimum absolute atomic E-state index is 0.213. The standard InChI is InChI=1S/C11H22N2O2/c1-5-8-6-12-7-9(8)13-10(14)15-11(2,3)4/h8-9,12H,5-7H2,1-4H3,(H,13,14). The molecule has 1 fully saturated rings. The Morgan fingerprint density at radius 1 is 1.47 bits per heavy atom. The third kappa shape index (κ3) is 4.08. The summed E-state index contributed by atoms with van der Waals surface area (Å²) in [4.78, 5) is 11.5. The first kappa shape index (κ1) is 12.3. The second-order valence-electron chi connectivity index (χ2n) is 5.08. The fourth-order valence-electron chi connectivity index (χ4n) is 1.79. The van der Waals surface area contributed by atoms with Crippen molar-refractivity contribution < 1.29 is 9.53 Å². The maximum atomic E-state index is 11.5. The molecule has 4 nitrogen and oxygen atoms in total. The van der Waals surface area contributed by atoms with Gasteiger partial charge in [-0.25, -0.2) is 4.79 Å². The van der Waals surface area contributed by atoms with Crippen LogP contribution in [-0.4, -0.2) is 30.8 Å². The van der Waals surface area contributed by atoms with Crippen LogP contribution < -0.4 is 10.6 Å². The lowest BCUT2D eigenvalue weighted by molar-refractivity contribution is 0.0497. The first-order valence-corrected chi connectivity index (χ1v) is 5.62. The molecule has 0 aromatic carbocycles. The summed E-state index contributed by atoms with van der Waals surface area (Å²) in [5, 5.41) is 6.18. The molecule has 0 aliphatic carbocycles. The van der Waals surface area contributed by atoms with Gasteiger partial charge in [-0.1, -0.05) is 13.3 Å². The number of ether oxygens (including phenoxy) is 1. The van der Waals surface area contributed by atoms with Crippen LogP contribution in [0.2, 0.25) is 0 Å². The van der Waals surface area contributed by atoms with Crippen molar-refractivity contribution >= 4 is 6.09 Å². The molecule has 15 heavy (non-hydrogen) atoms. The van der Waals surface area contributed by atoms with Gasteiger partial charge < -0.3 is 15.4 Å². The van der Waals surface area contributed by atoms with Crippen LogP contribution in [-0.2, 0) is 4.74 Å². The molecule has 2 atom stereocenters. The van der Waals surface area contributed by atoms with E-state index in [0.717, 1.165) is 19.5 Å². The lowest BCUT2D eigenvalue weighted by Gasteiger charge is -2.23. The van der Waals surface area contributed by atoms with Gasteiger partial charge in [0.25, 0.3) is 0 Å². The molecule has 0 spiro atoms. The van der Waals surface area contributed by atoms with Gasteiger partial charge in [-0.3, -0.25) is 0 Å². The van der Waals surface area contributed by atoms with Crippen molar-refractivity contribution in [3.63, 3.8) is 0 Å². The van der Waals surface area contributed by atoms with Crippen molar-refractivity contribution in [3.05, 3.63) is 0 Å². The zero-order chi connectivity index (χ0) is 11.5. The highest BCUT2D eigenvalue weighted by molar-refractivity contribution is 5.68. The monoisotopic (exact) mass is 214 g/mol. The van der Waals surface area contributed by atoms with Crippen molar-refractivity contribution in [2.75, 3.05) is 13.1 Å². The Labute approximate surface area is 91.8 Å². The number of amides is 1. The Kier molecular flexibility index (Phi) is 3.97. The van der Waals surface area contributed by atoms with Crippen LogP contribution in [0.4, 0.5) is 4.79 Å². The minimum Gasteiger partial charge on any atom is -0.444 e. The van der Waals surface area contributed by atoms with Crippen molar-refractivity contribution in [1.29, 1.82) is 0 Å². The van der Waals surface area contributed by atoms with Crippen LogP contribution in [0.5, 0.6) is 0 Å². The lowest BCUT2D eigenvalue weighted by atomic mass is 10.0. The molecule has 1 saturated heterocycles. The fourth-order valence-corrected chi connectivity index (χ4v) is 1.79. The van der Waals surface area contributed by atoms with Gasteiger partial charge in [0.1, 0.15) is 5.60 Å². The Hall–Kier alpha value is -0.770. The summed E-state index contributed by atoms with van der Waals surface area (Å²) in [5.74, 6) is 0.525. The molecule has 1 aliphatic heterocycles. The van der Waals surface area contributed by atoms with Crippen LogP contribution in [0.15, 0.2) is 0 Å². The molecule has 1 amide bonds. The number of carbonyl (C=O) groups excluding carboxylic acids is 1. The van der Waals surface area contributed by atoms with Gasteiger partial charge in [0.2, 0.25) is 0 Å². The van der Waals surface area contributed by atoms with Gasteiger partial charge in [0.05, 0.1) is 0 Å². The fraction of sp³-hybridized carbons (Fsp3) is 0.909. The quantitative estimate of drug-likeness (QED) is 0.732. The summed E-state index contributed by atoms with van der Waals surface area (Å²) in [6.45, 7) is 9.58. The molecular weight excluding hydrogens is 192 g/mol. The predicted molar refractivity (Wildman–Crippen MR) is 59.8 cm³/mol. The normalized spacial score (nSPS) is 26.4. The SMILES string of the molecule is CCC1CNCC1NC(=O)OC(C)(C)C. The van der Waals surface area contributed by atoms with E-state index in [1.54, 1.807) is 0 Å². The summed E-state index contributed by atoms with van der Waals surface area (Å²) >= 11 is 0. The van der Waals surface area contributed by atoms with Crippen LogP contribution in [0, 0.1) is 5.92 Å². The number of rotatable bonds is 2. The van der Waals surface area contributed by atoms with Gasteiger partial charge >= 0.3 is 6.09 Å². The first-order chi connectivity index (χ1) is 6.92. The molecule has 0 aromatic heterocycles. The van der Waals surface area contributed by atoms with Crippen LogP contribution >= 0.6 is 0 Å². The third-order valence-corrected chi connectivity index (χ3v) is 2.57. The molecule has 1 rings (SSSR count). The molecule has 2 unspecified atom stereocenters. The highest BCUT2D eigenvalue weighted by atomic mass is 16.6. The van der Waals surface area contributed by atoms with E-state index in [-0.39, 0.29) is 12.1 Å². The van der Waals surface area contributed by atoms with Crippen molar-refractivity contribution in [1.82, 2.24) is 10.6 Å². The highest BCUT2D eigenvalue weighted by Crippen LogP contribution is 2.14. The summed E-state index contributed by atoms with van der Waals surface area (Å²) in [5.41, 5.74) is -0.419. The molecule has 0 saturated carbocycles. The molecular formula is C11H22N2O2. The first-order valence-electron chi connectivity index (χ1n) is 5.62. The van der Waals surface area contributed by atoms with E-state index in [4.69, 9.17) is 4.74 Å². The largest absolute Gasteiger partial charge is 0.444 e. The third-order valence-electron chi connectivity index (χ3n) is 2.57. The van der Waals surface area contributed by atoms with Crippen LogP contribution in [0.3, 0.4) is 0 Å². The predicted octanol–water partition coefficient (Wildman–Crippen LogP) is 1.51. The molecule has 0 bridgehead atoms. The van der Waals surface area contributed by atoms with E-state index in [1.807, 2.05) is 20.8 Å². The number of hydrogen-bond acceptors (Lipinski definition) is 3. The summed E-state index contributed by atoms with van der Waals surface area (Å²) in [6.07, 6.45) is 0.766. The van der Waals surface area contributed by atoms with E-state index < -0.39 is 5.60 Å². The molecule has 0 aromatic rings. The van der Waals surface area contributed by atoms with Gasteiger partial charge in [-0.2, -0.15) is 0 Å². The average molecular weight is 214 g/mol. The Bertz CT molecular complexity index is 223. The molecule has 1 aliphatic rings.